The fourth-order valence-electron chi connectivity index (χ4n) is 2.65. The summed E-state index contributed by atoms with van der Waals surface area (Å²) in [5, 5.41) is 2.17. The highest BCUT2D eigenvalue weighted by atomic mass is 32.1. The Hall–Kier alpha value is -3.20. The molecule has 8 nitrogen and oxygen atoms in total. The molecule has 3 rings (SSSR count). The quantitative estimate of drug-likeness (QED) is 0.563. The summed E-state index contributed by atoms with van der Waals surface area (Å²) < 4.78 is 15.6. The summed E-state index contributed by atoms with van der Waals surface area (Å²) in [7, 11) is 0. The number of aromatic amines is 1. The van der Waals surface area contributed by atoms with E-state index < -0.39 is 11.5 Å². The predicted octanol–water partition coefficient (Wildman–Crippen LogP) is 2.85. The number of benzene rings is 1. The normalized spacial score (nSPS) is 10.7. The Balaban J connectivity index is 1.70. The lowest BCUT2D eigenvalue weighted by atomic mass is 10.1. The first kappa shape index (κ1) is 20.5. The van der Waals surface area contributed by atoms with Crippen LogP contribution in [0.4, 0.5) is 0 Å². The molecule has 0 fully saturated rings. The van der Waals surface area contributed by atoms with Crippen LogP contribution >= 0.6 is 11.3 Å². The van der Waals surface area contributed by atoms with Crippen LogP contribution in [0.2, 0.25) is 0 Å². The third-order valence-corrected chi connectivity index (χ3v) is 4.88. The molecule has 9 heteroatoms. The van der Waals surface area contributed by atoms with E-state index in [1.54, 1.807) is 43.5 Å². The third kappa shape index (κ3) is 5.00. The van der Waals surface area contributed by atoms with Gasteiger partial charge in [0.05, 0.1) is 25.0 Å². The van der Waals surface area contributed by atoms with Crippen molar-refractivity contribution in [3.8, 4) is 5.75 Å². The molecule has 0 amide bonds. The predicted molar refractivity (Wildman–Crippen MR) is 107 cm³/mol. The van der Waals surface area contributed by atoms with Crippen LogP contribution in [0.3, 0.4) is 0 Å². The van der Waals surface area contributed by atoms with E-state index in [2.05, 4.69) is 9.97 Å². The molecule has 0 spiro atoms. The monoisotopic (exact) mass is 416 g/mol. The molecular weight excluding hydrogens is 396 g/mol. The van der Waals surface area contributed by atoms with E-state index in [1.165, 1.54) is 11.3 Å². The summed E-state index contributed by atoms with van der Waals surface area (Å²) in [6, 6.07) is 7.09. The molecule has 0 aliphatic rings. The fourth-order valence-corrected chi connectivity index (χ4v) is 3.58. The first-order valence-corrected chi connectivity index (χ1v) is 9.94. The number of H-pyrrole nitrogens is 1. The molecule has 0 unspecified atom stereocenters. The molecule has 0 atom stereocenters. The van der Waals surface area contributed by atoms with Crippen molar-refractivity contribution in [2.75, 3.05) is 13.2 Å². The van der Waals surface area contributed by atoms with Crippen molar-refractivity contribution >= 4 is 33.5 Å². The number of rotatable bonds is 8. The zero-order valence-corrected chi connectivity index (χ0v) is 16.8. The Morgan fingerprint density at radius 3 is 2.52 bits per heavy atom. The molecule has 0 aliphatic carbocycles. The van der Waals surface area contributed by atoms with Crippen LogP contribution in [0, 0.1) is 0 Å². The Morgan fingerprint density at radius 2 is 1.83 bits per heavy atom. The number of thiophene rings is 1. The second kappa shape index (κ2) is 9.33. The molecule has 2 aromatic heterocycles. The number of carbonyl (C=O) groups excluding carboxylic acids is 2. The van der Waals surface area contributed by atoms with E-state index in [4.69, 9.17) is 14.2 Å². The molecule has 0 saturated heterocycles. The Bertz CT molecular complexity index is 1070. The van der Waals surface area contributed by atoms with Gasteiger partial charge in [-0.25, -0.2) is 9.78 Å². The second-order valence-corrected chi connectivity index (χ2v) is 6.85. The summed E-state index contributed by atoms with van der Waals surface area (Å²) in [5.74, 6) is -0.458. The van der Waals surface area contributed by atoms with Crippen molar-refractivity contribution in [1.82, 2.24) is 9.97 Å². The number of hydrogen-bond acceptors (Lipinski definition) is 8. The molecule has 3 aromatic rings. The van der Waals surface area contributed by atoms with Gasteiger partial charge >= 0.3 is 11.9 Å². The minimum Gasteiger partial charge on any atom is -0.489 e. The number of fused-ring (bicyclic) bond motifs is 1. The van der Waals surface area contributed by atoms with E-state index in [-0.39, 0.29) is 31.4 Å². The zero-order valence-electron chi connectivity index (χ0n) is 16.0. The highest BCUT2D eigenvalue weighted by Crippen LogP contribution is 2.23. The highest BCUT2D eigenvalue weighted by molar-refractivity contribution is 7.16. The van der Waals surface area contributed by atoms with Crippen LogP contribution in [0.5, 0.6) is 5.75 Å². The van der Waals surface area contributed by atoms with Crippen molar-refractivity contribution in [3.05, 3.63) is 57.0 Å². The molecule has 0 saturated carbocycles. The lowest BCUT2D eigenvalue weighted by molar-refractivity contribution is -0.142. The molecule has 0 aliphatic heterocycles. The van der Waals surface area contributed by atoms with Gasteiger partial charge in [0.1, 0.15) is 17.2 Å². The van der Waals surface area contributed by atoms with E-state index in [9.17, 15) is 14.4 Å². The first-order valence-electron chi connectivity index (χ1n) is 9.06. The second-order valence-electron chi connectivity index (χ2n) is 5.99. The maximum Gasteiger partial charge on any atom is 0.374 e. The molecule has 29 heavy (non-hydrogen) atoms. The standard InChI is InChI=1S/C20H20N2O6S/c1-3-26-15(23)9-12-5-7-14(8-6-12)28-10-13-11-29-19-16(13)18(24)21-17(22-19)20(25)27-4-2/h5-8,11H,3-4,9-10H2,1-2H3,(H,21,22,24). The van der Waals surface area contributed by atoms with Crippen LogP contribution in [0.1, 0.15) is 35.6 Å². The van der Waals surface area contributed by atoms with E-state index >= 15 is 0 Å². The minimum atomic E-state index is -0.666. The Morgan fingerprint density at radius 1 is 1.10 bits per heavy atom. The van der Waals surface area contributed by atoms with Gasteiger partial charge in [0.25, 0.3) is 5.56 Å². The first-order chi connectivity index (χ1) is 14.0. The summed E-state index contributed by atoms with van der Waals surface area (Å²) in [6.45, 7) is 4.16. The smallest absolute Gasteiger partial charge is 0.374 e. The lowest BCUT2D eigenvalue weighted by Crippen LogP contribution is -2.17. The molecule has 152 valence electrons. The van der Waals surface area contributed by atoms with Gasteiger partial charge < -0.3 is 19.2 Å². The largest absolute Gasteiger partial charge is 0.489 e. The molecule has 0 bridgehead atoms. The van der Waals surface area contributed by atoms with Crippen molar-refractivity contribution in [1.29, 1.82) is 0 Å². The van der Waals surface area contributed by atoms with Crippen molar-refractivity contribution in [3.63, 3.8) is 0 Å². The van der Waals surface area contributed by atoms with E-state index in [0.29, 0.717) is 28.1 Å². The van der Waals surface area contributed by atoms with Crippen molar-refractivity contribution < 1.29 is 23.8 Å². The molecule has 2 heterocycles. The van der Waals surface area contributed by atoms with Crippen LogP contribution < -0.4 is 10.3 Å². The Kier molecular flexibility index (Phi) is 6.61. The van der Waals surface area contributed by atoms with Gasteiger partial charge in [0, 0.05) is 10.9 Å². The van der Waals surface area contributed by atoms with Crippen LogP contribution in [-0.2, 0) is 27.3 Å². The number of hydrogen-bond donors (Lipinski definition) is 1. The van der Waals surface area contributed by atoms with E-state index in [1.807, 2.05) is 0 Å². The van der Waals surface area contributed by atoms with Gasteiger partial charge in [-0.15, -0.1) is 11.3 Å². The van der Waals surface area contributed by atoms with Crippen LogP contribution in [0.25, 0.3) is 10.2 Å². The molecular formula is C20H20N2O6S. The van der Waals surface area contributed by atoms with Crippen molar-refractivity contribution in [2.45, 2.75) is 26.9 Å². The number of esters is 2. The van der Waals surface area contributed by atoms with Gasteiger partial charge in [-0.3, -0.25) is 9.59 Å². The summed E-state index contributed by atoms with van der Waals surface area (Å²) in [4.78, 5) is 42.8. The number of carbonyl (C=O) groups is 2. The lowest BCUT2D eigenvalue weighted by Gasteiger charge is -2.07. The average Bonchev–Trinajstić information content (AvgIpc) is 3.11. The maximum absolute atomic E-state index is 12.4. The topological polar surface area (TPSA) is 108 Å². The number of nitrogens with zero attached hydrogens (tertiary/aromatic N) is 1. The SMILES string of the molecule is CCOC(=O)Cc1ccc(OCc2csc3nc(C(=O)OCC)[nH]c(=O)c23)cc1. The van der Waals surface area contributed by atoms with Gasteiger partial charge in [0.15, 0.2) is 0 Å². The highest BCUT2D eigenvalue weighted by Gasteiger charge is 2.16. The van der Waals surface area contributed by atoms with Gasteiger partial charge in [-0.05, 0) is 31.5 Å². The van der Waals surface area contributed by atoms with Gasteiger partial charge in [-0.2, -0.15) is 0 Å². The maximum atomic E-state index is 12.4. The zero-order chi connectivity index (χ0) is 20.8. The minimum absolute atomic E-state index is 0.115. The van der Waals surface area contributed by atoms with Crippen LogP contribution in [0.15, 0.2) is 34.4 Å². The number of ether oxygens (including phenoxy) is 3. The summed E-state index contributed by atoms with van der Waals surface area (Å²) in [6.07, 6.45) is 0.202. The molecule has 1 aromatic carbocycles. The Labute approximate surface area is 170 Å². The number of nitrogens with one attached hydrogen (secondary N) is 1. The van der Waals surface area contributed by atoms with Crippen LogP contribution in [-0.4, -0.2) is 35.1 Å². The summed E-state index contributed by atoms with van der Waals surface area (Å²) >= 11 is 1.26. The third-order valence-electron chi connectivity index (χ3n) is 3.96. The average molecular weight is 416 g/mol. The number of aromatic nitrogens is 2. The van der Waals surface area contributed by atoms with Gasteiger partial charge in [0.2, 0.25) is 5.82 Å². The van der Waals surface area contributed by atoms with E-state index in [0.717, 1.165) is 5.56 Å². The molecule has 0 radical (unpaired) electrons. The summed E-state index contributed by atoms with van der Waals surface area (Å²) in [5.41, 5.74) is 1.08. The fraction of sp³-hybridized carbons (Fsp3) is 0.300. The van der Waals surface area contributed by atoms with Gasteiger partial charge in [-0.1, -0.05) is 12.1 Å². The molecule has 1 N–H and O–H groups in total. The van der Waals surface area contributed by atoms with Crippen molar-refractivity contribution in [2.24, 2.45) is 0 Å².